The SMILES string of the molecule is COC(=O)CCCOc1ccc(C)c([N+](=O)[O-])c1. The Labute approximate surface area is 105 Å². The van der Waals surface area contributed by atoms with Crippen LogP contribution in [-0.2, 0) is 9.53 Å². The number of ether oxygens (including phenoxy) is 2. The Hall–Kier alpha value is -2.11. The first-order chi connectivity index (χ1) is 8.54. The van der Waals surface area contributed by atoms with Crippen LogP contribution in [0.15, 0.2) is 18.2 Å². The second-order valence-corrected chi connectivity index (χ2v) is 3.73. The second-order valence-electron chi connectivity index (χ2n) is 3.73. The lowest BCUT2D eigenvalue weighted by Gasteiger charge is -2.06. The van der Waals surface area contributed by atoms with Crippen molar-refractivity contribution in [2.24, 2.45) is 0 Å². The number of nitrogens with zero attached hydrogens (tertiary/aromatic N) is 1. The lowest BCUT2D eigenvalue weighted by atomic mass is 10.2. The molecule has 0 unspecified atom stereocenters. The summed E-state index contributed by atoms with van der Waals surface area (Å²) in [6.45, 7) is 1.98. The smallest absolute Gasteiger partial charge is 0.305 e. The summed E-state index contributed by atoms with van der Waals surface area (Å²) in [7, 11) is 1.33. The van der Waals surface area contributed by atoms with E-state index in [-0.39, 0.29) is 18.1 Å². The third-order valence-electron chi connectivity index (χ3n) is 2.40. The zero-order valence-corrected chi connectivity index (χ0v) is 10.3. The standard InChI is InChI=1S/C12H15NO5/c1-9-5-6-10(8-11(9)13(15)16)18-7-3-4-12(14)17-2/h5-6,8H,3-4,7H2,1-2H3. The van der Waals surface area contributed by atoms with Crippen molar-refractivity contribution in [2.75, 3.05) is 13.7 Å². The minimum atomic E-state index is -0.448. The number of rotatable bonds is 6. The maximum atomic E-state index is 10.8. The molecule has 0 N–H and O–H groups in total. The molecule has 0 aliphatic carbocycles. The molecule has 0 fully saturated rings. The van der Waals surface area contributed by atoms with Gasteiger partial charge in [-0.15, -0.1) is 0 Å². The maximum Gasteiger partial charge on any atom is 0.305 e. The number of benzene rings is 1. The first-order valence-corrected chi connectivity index (χ1v) is 5.49. The van der Waals surface area contributed by atoms with Gasteiger partial charge >= 0.3 is 5.97 Å². The van der Waals surface area contributed by atoms with Gasteiger partial charge in [0.05, 0.1) is 24.7 Å². The molecule has 0 saturated heterocycles. The highest BCUT2D eigenvalue weighted by Crippen LogP contribution is 2.23. The summed E-state index contributed by atoms with van der Waals surface area (Å²) in [6.07, 6.45) is 0.777. The number of nitro groups is 1. The summed E-state index contributed by atoms with van der Waals surface area (Å²) in [5.41, 5.74) is 0.613. The van der Waals surface area contributed by atoms with Crippen LogP contribution in [0.4, 0.5) is 5.69 Å². The first kappa shape index (κ1) is 14.0. The summed E-state index contributed by atoms with van der Waals surface area (Å²) in [5.74, 6) is 0.130. The largest absolute Gasteiger partial charge is 0.493 e. The fourth-order valence-corrected chi connectivity index (χ4v) is 1.38. The van der Waals surface area contributed by atoms with E-state index in [1.165, 1.54) is 13.2 Å². The Balaban J connectivity index is 2.50. The number of methoxy groups -OCH3 is 1. The second kappa shape index (κ2) is 6.58. The maximum absolute atomic E-state index is 10.8. The van der Waals surface area contributed by atoms with Crippen molar-refractivity contribution in [3.05, 3.63) is 33.9 Å². The Morgan fingerprint density at radius 3 is 2.78 bits per heavy atom. The van der Waals surface area contributed by atoms with E-state index < -0.39 is 4.92 Å². The molecule has 0 spiro atoms. The summed E-state index contributed by atoms with van der Waals surface area (Å²) in [4.78, 5) is 21.1. The van der Waals surface area contributed by atoms with Crippen molar-refractivity contribution < 1.29 is 19.2 Å². The van der Waals surface area contributed by atoms with E-state index in [0.29, 0.717) is 24.3 Å². The molecule has 0 heterocycles. The van der Waals surface area contributed by atoms with Crippen molar-refractivity contribution >= 4 is 11.7 Å². The summed E-state index contributed by atoms with van der Waals surface area (Å²) in [5, 5.41) is 10.7. The molecular weight excluding hydrogens is 238 g/mol. The van der Waals surface area contributed by atoms with Crippen LogP contribution in [0.25, 0.3) is 0 Å². The fraction of sp³-hybridized carbons (Fsp3) is 0.417. The molecule has 98 valence electrons. The van der Waals surface area contributed by atoms with Gasteiger partial charge in [-0.2, -0.15) is 0 Å². The Morgan fingerprint density at radius 2 is 2.17 bits per heavy atom. The third-order valence-corrected chi connectivity index (χ3v) is 2.40. The molecule has 0 bridgehead atoms. The molecule has 0 amide bonds. The van der Waals surface area contributed by atoms with Crippen LogP contribution >= 0.6 is 0 Å². The number of hydrogen-bond donors (Lipinski definition) is 0. The van der Waals surface area contributed by atoms with Crippen LogP contribution in [0.5, 0.6) is 5.75 Å². The van der Waals surface area contributed by atoms with E-state index >= 15 is 0 Å². The predicted molar refractivity (Wildman–Crippen MR) is 64.6 cm³/mol. The average Bonchev–Trinajstić information content (AvgIpc) is 2.35. The molecule has 6 heteroatoms. The zero-order chi connectivity index (χ0) is 13.5. The molecule has 1 rings (SSSR count). The van der Waals surface area contributed by atoms with Gasteiger partial charge in [0, 0.05) is 12.0 Å². The van der Waals surface area contributed by atoms with E-state index in [2.05, 4.69) is 4.74 Å². The third kappa shape index (κ3) is 4.04. The predicted octanol–water partition coefficient (Wildman–Crippen LogP) is 2.24. The molecule has 6 nitrogen and oxygen atoms in total. The molecule has 1 aromatic carbocycles. The van der Waals surface area contributed by atoms with Crippen LogP contribution in [0.3, 0.4) is 0 Å². The lowest BCUT2D eigenvalue weighted by molar-refractivity contribution is -0.385. The molecule has 0 aromatic heterocycles. The van der Waals surface area contributed by atoms with E-state index in [0.717, 1.165) is 0 Å². The quantitative estimate of drug-likeness (QED) is 0.336. The molecule has 0 aliphatic rings. The van der Waals surface area contributed by atoms with Crippen LogP contribution in [-0.4, -0.2) is 24.6 Å². The van der Waals surface area contributed by atoms with Crippen molar-refractivity contribution in [1.29, 1.82) is 0 Å². The highest BCUT2D eigenvalue weighted by molar-refractivity contribution is 5.69. The van der Waals surface area contributed by atoms with Gasteiger partial charge in [0.15, 0.2) is 0 Å². The number of carbonyl (C=O) groups is 1. The van der Waals surface area contributed by atoms with E-state index in [1.807, 2.05) is 0 Å². The van der Waals surface area contributed by atoms with Gasteiger partial charge in [0.2, 0.25) is 0 Å². The Kier molecular flexibility index (Phi) is 5.10. The highest BCUT2D eigenvalue weighted by Gasteiger charge is 2.11. The average molecular weight is 253 g/mol. The summed E-state index contributed by atoms with van der Waals surface area (Å²) in [6, 6.07) is 4.68. The molecule has 18 heavy (non-hydrogen) atoms. The first-order valence-electron chi connectivity index (χ1n) is 5.49. The van der Waals surface area contributed by atoms with Gasteiger partial charge in [-0.25, -0.2) is 0 Å². The lowest BCUT2D eigenvalue weighted by Crippen LogP contribution is -2.04. The molecule has 0 aliphatic heterocycles. The molecular formula is C12H15NO5. The van der Waals surface area contributed by atoms with Gasteiger partial charge in [0.1, 0.15) is 5.75 Å². The molecule has 0 saturated carbocycles. The monoisotopic (exact) mass is 253 g/mol. The number of hydrogen-bond acceptors (Lipinski definition) is 5. The number of nitro benzene ring substituents is 1. The van der Waals surface area contributed by atoms with Crippen molar-refractivity contribution in [3.8, 4) is 5.75 Å². The van der Waals surface area contributed by atoms with Crippen LogP contribution in [0.1, 0.15) is 18.4 Å². The van der Waals surface area contributed by atoms with Gasteiger partial charge in [-0.3, -0.25) is 14.9 Å². The molecule has 0 radical (unpaired) electrons. The van der Waals surface area contributed by atoms with E-state index in [9.17, 15) is 14.9 Å². The Morgan fingerprint density at radius 1 is 1.44 bits per heavy atom. The van der Waals surface area contributed by atoms with Gasteiger partial charge in [0.25, 0.3) is 5.69 Å². The topological polar surface area (TPSA) is 78.7 Å². The van der Waals surface area contributed by atoms with E-state index in [4.69, 9.17) is 4.74 Å². The van der Waals surface area contributed by atoms with Crippen LogP contribution < -0.4 is 4.74 Å². The van der Waals surface area contributed by atoms with Crippen molar-refractivity contribution in [2.45, 2.75) is 19.8 Å². The van der Waals surface area contributed by atoms with E-state index in [1.54, 1.807) is 19.1 Å². The van der Waals surface area contributed by atoms with Gasteiger partial charge in [-0.05, 0) is 25.5 Å². The molecule has 0 atom stereocenters. The van der Waals surface area contributed by atoms with Gasteiger partial charge in [-0.1, -0.05) is 0 Å². The minimum absolute atomic E-state index is 0.0282. The molecule has 1 aromatic rings. The highest BCUT2D eigenvalue weighted by atomic mass is 16.6. The normalized spacial score (nSPS) is 9.89. The van der Waals surface area contributed by atoms with Crippen molar-refractivity contribution in [3.63, 3.8) is 0 Å². The van der Waals surface area contributed by atoms with Gasteiger partial charge < -0.3 is 9.47 Å². The number of esters is 1. The number of aryl methyl sites for hydroxylation is 1. The minimum Gasteiger partial charge on any atom is -0.493 e. The Bertz CT molecular complexity index is 444. The fourth-order valence-electron chi connectivity index (χ4n) is 1.38. The van der Waals surface area contributed by atoms with Crippen LogP contribution in [0.2, 0.25) is 0 Å². The summed E-state index contributed by atoms with van der Waals surface area (Å²) < 4.78 is 9.82. The van der Waals surface area contributed by atoms with Crippen LogP contribution in [0, 0.1) is 17.0 Å². The zero-order valence-electron chi connectivity index (χ0n) is 10.3. The van der Waals surface area contributed by atoms with Crippen molar-refractivity contribution in [1.82, 2.24) is 0 Å². The summed E-state index contributed by atoms with van der Waals surface area (Å²) >= 11 is 0. The number of carbonyl (C=O) groups excluding carboxylic acids is 1.